The Morgan fingerprint density at radius 3 is 1.62 bits per heavy atom. The molecule has 50 valence electrons. The average Bonchev–Trinajstić information content (AvgIpc) is 1.65. The minimum absolute atomic E-state index is 0.500. The van der Waals surface area contributed by atoms with E-state index in [2.05, 4.69) is 0 Å². The number of rotatable bonds is 1. The normalized spacial score (nSPS) is 6.88. The van der Waals surface area contributed by atoms with E-state index in [0.717, 1.165) is 7.05 Å². The van der Waals surface area contributed by atoms with Crippen molar-refractivity contribution in [1.29, 1.82) is 0 Å². The van der Waals surface area contributed by atoms with Crippen molar-refractivity contribution in [3.63, 3.8) is 0 Å². The van der Waals surface area contributed by atoms with Crippen LogP contribution in [0.25, 0.3) is 0 Å². The molecule has 0 N–H and O–H groups in total. The second-order valence-corrected chi connectivity index (χ2v) is 1.57. The van der Waals surface area contributed by atoms with Gasteiger partial charge in [0, 0.05) is 16.7 Å². The molecule has 0 unspecified atom stereocenters. The molecule has 5 heteroatoms. The van der Waals surface area contributed by atoms with E-state index in [1.807, 2.05) is 0 Å². The summed E-state index contributed by atoms with van der Waals surface area (Å²) in [6.07, 6.45) is 0. The molecule has 0 radical (unpaired) electrons. The van der Waals surface area contributed by atoms with Crippen molar-refractivity contribution in [3.05, 3.63) is 10.1 Å². The summed E-state index contributed by atoms with van der Waals surface area (Å²) >= 11 is 10.1. The molecule has 0 saturated heterocycles. The summed E-state index contributed by atoms with van der Waals surface area (Å²) in [6, 6.07) is 0. The lowest BCUT2D eigenvalue weighted by molar-refractivity contribution is -0.445. The highest BCUT2D eigenvalue weighted by molar-refractivity contribution is 6.25. The SMILES string of the molecule is C[N+](=O)[O-].ClCCCl. The van der Waals surface area contributed by atoms with Crippen molar-refractivity contribution in [2.75, 3.05) is 18.8 Å². The molecular weight excluding hydrogens is 153 g/mol. The third kappa shape index (κ3) is 154. The lowest BCUT2D eigenvalue weighted by Crippen LogP contribution is -1.79. The Bertz CT molecular complexity index is 53.2. The molecule has 0 atom stereocenters. The minimum Gasteiger partial charge on any atom is -0.265 e. The molecule has 0 aromatic rings. The van der Waals surface area contributed by atoms with Crippen LogP contribution in [0.4, 0.5) is 0 Å². The summed E-state index contributed by atoms with van der Waals surface area (Å²) < 4.78 is 0. The van der Waals surface area contributed by atoms with Gasteiger partial charge in [0.25, 0.3) is 0 Å². The highest BCUT2D eigenvalue weighted by Gasteiger charge is 1.61. The van der Waals surface area contributed by atoms with Gasteiger partial charge < -0.3 is 0 Å². The number of hydrogen-bond donors (Lipinski definition) is 0. The molecule has 0 aromatic heterocycles. The molecule has 0 heterocycles. The first-order valence-corrected chi connectivity index (χ1v) is 2.92. The van der Waals surface area contributed by atoms with E-state index in [4.69, 9.17) is 33.3 Å². The van der Waals surface area contributed by atoms with Crippen LogP contribution in [-0.2, 0) is 0 Å². The average molecular weight is 160 g/mol. The van der Waals surface area contributed by atoms with Gasteiger partial charge in [-0.25, -0.2) is 0 Å². The number of alkyl halides is 2. The Kier molecular flexibility index (Phi) is 13.7. The van der Waals surface area contributed by atoms with Gasteiger partial charge in [-0.1, -0.05) is 0 Å². The Labute approximate surface area is 57.7 Å². The molecule has 0 amide bonds. The van der Waals surface area contributed by atoms with Crippen LogP contribution in [0.3, 0.4) is 0 Å². The van der Waals surface area contributed by atoms with Crippen LogP contribution in [-0.4, -0.2) is 23.7 Å². The highest BCUT2D eigenvalue weighted by atomic mass is 35.5. The fourth-order valence-electron chi connectivity index (χ4n) is 0. The second kappa shape index (κ2) is 10.1. The van der Waals surface area contributed by atoms with E-state index in [-0.39, 0.29) is 0 Å². The molecule has 0 bridgehead atoms. The maximum atomic E-state index is 8.81. The molecule has 0 aliphatic heterocycles. The molecule has 0 aliphatic rings. The summed E-state index contributed by atoms with van der Waals surface area (Å²) in [4.78, 5) is 8.31. The van der Waals surface area contributed by atoms with Gasteiger partial charge in [0.1, 0.15) is 0 Å². The Hall–Kier alpha value is -0.0200. The summed E-state index contributed by atoms with van der Waals surface area (Å²) in [6.45, 7) is 0. The van der Waals surface area contributed by atoms with Crippen molar-refractivity contribution in [2.45, 2.75) is 0 Å². The van der Waals surface area contributed by atoms with Crippen LogP contribution < -0.4 is 0 Å². The van der Waals surface area contributed by atoms with Gasteiger partial charge >= 0.3 is 0 Å². The molecule has 0 saturated carbocycles. The molecule has 0 fully saturated rings. The van der Waals surface area contributed by atoms with Crippen molar-refractivity contribution in [2.24, 2.45) is 0 Å². The predicted octanol–water partition coefficient (Wildman–Crippen LogP) is 1.36. The van der Waals surface area contributed by atoms with E-state index in [1.54, 1.807) is 0 Å². The molecular formula is C3H7Cl2NO2. The van der Waals surface area contributed by atoms with Gasteiger partial charge in [0.05, 0.1) is 0 Å². The third-order valence-corrected chi connectivity index (χ3v) is 0.643. The number of nitro groups is 1. The zero-order chi connectivity index (χ0) is 6.99. The van der Waals surface area contributed by atoms with Crippen molar-refractivity contribution in [1.82, 2.24) is 0 Å². The zero-order valence-corrected chi connectivity index (χ0v) is 5.95. The fraction of sp³-hybridized carbons (Fsp3) is 1.00. The van der Waals surface area contributed by atoms with Gasteiger partial charge in [0.2, 0.25) is 0 Å². The first-order chi connectivity index (χ1) is 3.65. The molecule has 0 aromatic carbocycles. The summed E-state index contributed by atoms with van der Waals surface area (Å²) in [5.41, 5.74) is 0. The number of nitrogens with zero attached hydrogens (tertiary/aromatic N) is 1. The molecule has 0 rings (SSSR count). The van der Waals surface area contributed by atoms with Gasteiger partial charge in [-0.15, -0.1) is 23.2 Å². The lowest BCUT2D eigenvalue weighted by Gasteiger charge is -1.63. The van der Waals surface area contributed by atoms with E-state index in [1.165, 1.54) is 0 Å². The first kappa shape index (κ1) is 10.9. The Balaban J connectivity index is 0. The highest BCUT2D eigenvalue weighted by Crippen LogP contribution is 1.75. The topological polar surface area (TPSA) is 43.1 Å². The summed E-state index contributed by atoms with van der Waals surface area (Å²) in [5.74, 6) is 1.11. The molecule has 8 heavy (non-hydrogen) atoms. The Morgan fingerprint density at radius 1 is 1.50 bits per heavy atom. The summed E-state index contributed by atoms with van der Waals surface area (Å²) in [5, 5.41) is 8.81. The molecule has 0 aliphatic carbocycles. The van der Waals surface area contributed by atoms with Crippen LogP contribution in [0, 0.1) is 10.1 Å². The monoisotopic (exact) mass is 159 g/mol. The predicted molar refractivity (Wildman–Crippen MR) is 34.4 cm³/mol. The van der Waals surface area contributed by atoms with Crippen LogP contribution in [0.5, 0.6) is 0 Å². The largest absolute Gasteiger partial charge is 0.265 e. The second-order valence-electron chi connectivity index (χ2n) is 0.818. The van der Waals surface area contributed by atoms with Crippen LogP contribution in [0.15, 0.2) is 0 Å². The third-order valence-electron chi connectivity index (χ3n) is 0.0714. The van der Waals surface area contributed by atoms with Gasteiger partial charge in [0.15, 0.2) is 7.05 Å². The quantitative estimate of drug-likeness (QED) is 0.330. The van der Waals surface area contributed by atoms with Crippen LogP contribution >= 0.6 is 23.2 Å². The maximum absolute atomic E-state index is 8.81. The van der Waals surface area contributed by atoms with Crippen molar-refractivity contribution < 1.29 is 4.92 Å². The maximum Gasteiger partial charge on any atom is 0.194 e. The smallest absolute Gasteiger partial charge is 0.194 e. The van der Waals surface area contributed by atoms with Crippen LogP contribution in [0.1, 0.15) is 0 Å². The first-order valence-electron chi connectivity index (χ1n) is 1.85. The van der Waals surface area contributed by atoms with Crippen LogP contribution in [0.2, 0.25) is 0 Å². The zero-order valence-electron chi connectivity index (χ0n) is 4.43. The number of halogens is 2. The van der Waals surface area contributed by atoms with Crippen molar-refractivity contribution in [3.8, 4) is 0 Å². The van der Waals surface area contributed by atoms with E-state index in [0.29, 0.717) is 11.8 Å². The minimum atomic E-state index is -0.500. The van der Waals surface area contributed by atoms with E-state index >= 15 is 0 Å². The number of hydrogen-bond acceptors (Lipinski definition) is 2. The van der Waals surface area contributed by atoms with Gasteiger partial charge in [-0.3, -0.25) is 10.1 Å². The van der Waals surface area contributed by atoms with Crippen molar-refractivity contribution >= 4 is 23.2 Å². The lowest BCUT2D eigenvalue weighted by atomic mass is 11.0. The standard InChI is InChI=1S/C2H4Cl2.CH3NO2/c3-1-2-4;1-2(3)4/h1-2H2;1H3. The van der Waals surface area contributed by atoms with E-state index in [9.17, 15) is 0 Å². The van der Waals surface area contributed by atoms with Gasteiger partial charge in [-0.2, -0.15) is 0 Å². The summed E-state index contributed by atoms with van der Waals surface area (Å²) in [7, 11) is 0.889. The molecule has 3 nitrogen and oxygen atoms in total. The van der Waals surface area contributed by atoms with E-state index < -0.39 is 4.92 Å². The Morgan fingerprint density at radius 2 is 1.62 bits per heavy atom. The van der Waals surface area contributed by atoms with Gasteiger partial charge in [-0.05, 0) is 0 Å². The molecule has 0 spiro atoms. The fourth-order valence-corrected chi connectivity index (χ4v) is 0.